The molecule has 0 unspecified atom stereocenters. The summed E-state index contributed by atoms with van der Waals surface area (Å²) in [6.07, 6.45) is 0. The average molecular weight is 370 g/mol. The summed E-state index contributed by atoms with van der Waals surface area (Å²) < 4.78 is 13.6. The summed E-state index contributed by atoms with van der Waals surface area (Å²) in [6.45, 7) is 0. The highest BCUT2D eigenvalue weighted by Gasteiger charge is 2.11. The Morgan fingerprint density at radius 3 is 2.80 bits per heavy atom. The summed E-state index contributed by atoms with van der Waals surface area (Å²) in [5.41, 5.74) is 1.77. The van der Waals surface area contributed by atoms with Gasteiger partial charge in [0.1, 0.15) is 5.82 Å². The Labute approximate surface area is 151 Å². The van der Waals surface area contributed by atoms with E-state index in [2.05, 4.69) is 15.5 Å². The molecule has 0 saturated carbocycles. The first-order valence-corrected chi connectivity index (χ1v) is 8.96. The van der Waals surface area contributed by atoms with Crippen molar-refractivity contribution in [2.24, 2.45) is 0 Å². The largest absolute Gasteiger partial charge is 0.296 e. The van der Waals surface area contributed by atoms with Crippen LogP contribution in [0.3, 0.4) is 0 Å². The Morgan fingerprint density at radius 1 is 1.24 bits per heavy atom. The van der Waals surface area contributed by atoms with Crippen LogP contribution in [-0.4, -0.2) is 16.1 Å². The Bertz CT molecular complexity index is 934. The van der Waals surface area contributed by atoms with Gasteiger partial charge in [-0.25, -0.2) is 4.39 Å². The van der Waals surface area contributed by atoms with E-state index >= 15 is 0 Å². The maximum Gasteiger partial charge on any atom is 0.257 e. The molecule has 2 aromatic carbocycles. The molecule has 124 valence electrons. The van der Waals surface area contributed by atoms with E-state index in [1.54, 1.807) is 30.3 Å². The first kappa shape index (κ1) is 17.1. The summed E-state index contributed by atoms with van der Waals surface area (Å²) >= 11 is 2.72. The second kappa shape index (κ2) is 7.88. The van der Waals surface area contributed by atoms with E-state index in [1.807, 2.05) is 6.07 Å². The lowest BCUT2D eigenvalue weighted by atomic mass is 10.1. The van der Waals surface area contributed by atoms with Gasteiger partial charge in [0.05, 0.1) is 11.6 Å². The fourth-order valence-corrected chi connectivity index (χ4v) is 3.65. The van der Waals surface area contributed by atoms with Crippen molar-refractivity contribution in [1.82, 2.24) is 10.2 Å². The highest BCUT2D eigenvalue weighted by atomic mass is 32.2. The lowest BCUT2D eigenvalue weighted by Crippen LogP contribution is -2.11. The molecule has 0 aliphatic rings. The number of nitrogens with zero attached hydrogens (tertiary/aromatic N) is 3. The number of anilines is 1. The van der Waals surface area contributed by atoms with Crippen LogP contribution in [-0.2, 0) is 5.75 Å². The molecule has 0 fully saturated rings. The molecule has 0 atom stereocenters. The van der Waals surface area contributed by atoms with Crippen LogP contribution in [0.15, 0.2) is 52.9 Å². The minimum Gasteiger partial charge on any atom is -0.296 e. The van der Waals surface area contributed by atoms with Gasteiger partial charge in [-0.3, -0.25) is 10.1 Å². The predicted molar refractivity (Wildman–Crippen MR) is 95.0 cm³/mol. The molecular formula is C17H11FN4OS2. The number of halogens is 1. The SMILES string of the molecule is N#Cc1cccc(C(=O)Nc2nnc(SCc3ccc(F)cc3)s2)c1. The van der Waals surface area contributed by atoms with Crippen LogP contribution < -0.4 is 5.32 Å². The molecule has 25 heavy (non-hydrogen) atoms. The number of aromatic nitrogens is 2. The van der Waals surface area contributed by atoms with E-state index in [0.717, 1.165) is 5.56 Å². The van der Waals surface area contributed by atoms with Crippen molar-refractivity contribution in [3.63, 3.8) is 0 Å². The highest BCUT2D eigenvalue weighted by Crippen LogP contribution is 2.28. The van der Waals surface area contributed by atoms with E-state index in [0.29, 0.717) is 26.4 Å². The number of hydrogen-bond acceptors (Lipinski definition) is 6. The molecule has 3 aromatic rings. The third kappa shape index (κ3) is 4.62. The number of rotatable bonds is 5. The van der Waals surface area contributed by atoms with Crippen molar-refractivity contribution in [1.29, 1.82) is 5.26 Å². The molecule has 1 heterocycles. The predicted octanol–water partition coefficient (Wildman–Crippen LogP) is 4.09. The summed E-state index contributed by atoms with van der Waals surface area (Å²) in [6, 6.07) is 14.7. The fourth-order valence-electron chi connectivity index (χ4n) is 1.94. The van der Waals surface area contributed by atoms with E-state index in [-0.39, 0.29) is 11.7 Å². The minimum atomic E-state index is -0.344. The molecule has 3 rings (SSSR count). The zero-order chi connectivity index (χ0) is 17.6. The monoisotopic (exact) mass is 370 g/mol. The van der Waals surface area contributed by atoms with Crippen LogP contribution in [0, 0.1) is 17.1 Å². The molecule has 0 bridgehead atoms. The van der Waals surface area contributed by atoms with Crippen molar-refractivity contribution in [3.8, 4) is 6.07 Å². The Balaban J connectivity index is 1.60. The third-order valence-electron chi connectivity index (χ3n) is 3.16. The summed E-state index contributed by atoms with van der Waals surface area (Å²) in [5.74, 6) is 0.0195. The molecular weight excluding hydrogens is 359 g/mol. The lowest BCUT2D eigenvalue weighted by Gasteiger charge is -2.01. The van der Waals surface area contributed by atoms with Gasteiger partial charge < -0.3 is 0 Å². The molecule has 0 radical (unpaired) electrons. The summed E-state index contributed by atoms with van der Waals surface area (Å²) in [7, 11) is 0. The van der Waals surface area contributed by atoms with Crippen molar-refractivity contribution < 1.29 is 9.18 Å². The van der Waals surface area contributed by atoms with Gasteiger partial charge in [-0.2, -0.15) is 5.26 Å². The Morgan fingerprint density at radius 2 is 2.04 bits per heavy atom. The number of carbonyl (C=O) groups is 1. The van der Waals surface area contributed by atoms with Crippen LogP contribution in [0.1, 0.15) is 21.5 Å². The van der Waals surface area contributed by atoms with Crippen LogP contribution in [0.5, 0.6) is 0 Å². The molecule has 1 aromatic heterocycles. The van der Waals surface area contributed by atoms with Crippen LogP contribution >= 0.6 is 23.1 Å². The van der Waals surface area contributed by atoms with Gasteiger partial charge in [-0.15, -0.1) is 10.2 Å². The number of benzene rings is 2. The highest BCUT2D eigenvalue weighted by molar-refractivity contribution is 8.00. The zero-order valence-corrected chi connectivity index (χ0v) is 14.4. The topological polar surface area (TPSA) is 78.7 Å². The maximum absolute atomic E-state index is 12.9. The smallest absolute Gasteiger partial charge is 0.257 e. The number of nitrogens with one attached hydrogen (secondary N) is 1. The van der Waals surface area contributed by atoms with E-state index in [4.69, 9.17) is 5.26 Å². The van der Waals surface area contributed by atoms with Crippen molar-refractivity contribution in [3.05, 3.63) is 71.0 Å². The first-order valence-electron chi connectivity index (χ1n) is 7.16. The molecule has 5 nitrogen and oxygen atoms in total. The standard InChI is InChI=1S/C17H11FN4OS2/c18-14-6-4-11(5-7-14)10-24-17-22-21-16(25-17)20-15(23)13-3-1-2-12(8-13)9-19/h1-8H,10H2,(H,20,21,23). The normalized spacial score (nSPS) is 10.2. The van der Waals surface area contributed by atoms with Crippen LogP contribution in [0.4, 0.5) is 9.52 Å². The van der Waals surface area contributed by atoms with Crippen LogP contribution in [0.2, 0.25) is 0 Å². The second-order valence-electron chi connectivity index (χ2n) is 4.93. The number of thioether (sulfide) groups is 1. The average Bonchev–Trinajstić information content (AvgIpc) is 3.08. The number of nitriles is 1. The number of carbonyl (C=O) groups excluding carboxylic acids is 1. The molecule has 0 aliphatic heterocycles. The molecule has 8 heteroatoms. The maximum atomic E-state index is 12.9. The van der Waals surface area contributed by atoms with Gasteiger partial charge in [-0.05, 0) is 35.9 Å². The zero-order valence-electron chi connectivity index (χ0n) is 12.8. The van der Waals surface area contributed by atoms with Crippen LogP contribution in [0.25, 0.3) is 0 Å². The van der Waals surface area contributed by atoms with E-state index in [1.165, 1.54) is 41.3 Å². The molecule has 1 amide bonds. The van der Waals surface area contributed by atoms with Gasteiger partial charge >= 0.3 is 0 Å². The number of amides is 1. The molecule has 0 saturated heterocycles. The Hall–Kier alpha value is -2.76. The van der Waals surface area contributed by atoms with Crippen molar-refractivity contribution in [2.45, 2.75) is 10.1 Å². The minimum absolute atomic E-state index is 0.268. The summed E-state index contributed by atoms with van der Waals surface area (Å²) in [5, 5.41) is 19.9. The van der Waals surface area contributed by atoms with Gasteiger partial charge in [0.25, 0.3) is 5.91 Å². The summed E-state index contributed by atoms with van der Waals surface area (Å²) in [4.78, 5) is 12.2. The quantitative estimate of drug-likeness (QED) is 0.540. The van der Waals surface area contributed by atoms with Gasteiger partial charge in [-0.1, -0.05) is 41.3 Å². The van der Waals surface area contributed by atoms with Crippen molar-refractivity contribution in [2.75, 3.05) is 5.32 Å². The van der Waals surface area contributed by atoms with Gasteiger partial charge in [0.2, 0.25) is 5.13 Å². The van der Waals surface area contributed by atoms with E-state index < -0.39 is 0 Å². The number of hydrogen-bond donors (Lipinski definition) is 1. The van der Waals surface area contributed by atoms with Gasteiger partial charge in [0.15, 0.2) is 4.34 Å². The van der Waals surface area contributed by atoms with Gasteiger partial charge in [0, 0.05) is 11.3 Å². The van der Waals surface area contributed by atoms with Crippen molar-refractivity contribution >= 4 is 34.1 Å². The molecule has 0 aliphatic carbocycles. The molecule has 1 N–H and O–H groups in total. The first-order chi connectivity index (χ1) is 12.1. The lowest BCUT2D eigenvalue weighted by molar-refractivity contribution is 0.102. The Kier molecular flexibility index (Phi) is 5.38. The van der Waals surface area contributed by atoms with E-state index in [9.17, 15) is 9.18 Å². The third-order valence-corrected chi connectivity index (χ3v) is 5.20. The fraction of sp³-hybridized carbons (Fsp3) is 0.0588. The second-order valence-corrected chi connectivity index (χ2v) is 7.13. The molecule has 0 spiro atoms.